The Morgan fingerprint density at radius 1 is 1.40 bits per heavy atom. The first kappa shape index (κ1) is 11.5. The normalized spacial score (nSPS) is 8.80. The Bertz CT molecular complexity index is 439. The molecule has 0 aromatic heterocycles. The van der Waals surface area contributed by atoms with Crippen LogP contribution in [0.25, 0.3) is 0 Å². The van der Waals surface area contributed by atoms with Crippen molar-refractivity contribution in [1.29, 1.82) is 5.26 Å². The predicted molar refractivity (Wildman–Crippen MR) is 63.3 cm³/mol. The number of amides is 1. The summed E-state index contributed by atoms with van der Waals surface area (Å²) in [7, 11) is 0. The van der Waals surface area contributed by atoms with Crippen molar-refractivity contribution in [2.75, 3.05) is 0 Å². The lowest BCUT2D eigenvalue weighted by Crippen LogP contribution is -2.39. The highest BCUT2D eigenvalue weighted by Gasteiger charge is 2.09. The first-order valence-electron chi connectivity index (χ1n) is 3.93. The molecular weight excluding hydrogens is 230 g/mol. The molecule has 0 radical (unpaired) electrons. The predicted octanol–water partition coefficient (Wildman–Crippen LogP) is 1.01. The van der Waals surface area contributed by atoms with Gasteiger partial charge < -0.3 is 0 Å². The average molecular weight is 237 g/mol. The zero-order valence-corrected chi connectivity index (χ0v) is 9.23. The number of nitrogens with one attached hydrogen (secondary N) is 2. The largest absolute Gasteiger partial charge is 0.283 e. The van der Waals surface area contributed by atoms with Crippen LogP contribution in [0.4, 0.5) is 0 Å². The molecule has 1 aromatic carbocycles. The lowest BCUT2D eigenvalue weighted by atomic mass is 10.1. The van der Waals surface area contributed by atoms with Gasteiger partial charge in [-0.1, -0.05) is 24.4 Å². The molecule has 0 spiro atoms. The summed E-state index contributed by atoms with van der Waals surface area (Å²) >= 11 is 8.37. The molecule has 1 aromatic rings. The minimum Gasteiger partial charge on any atom is -0.283 e. The van der Waals surface area contributed by atoms with Crippen LogP contribution in [-0.2, 0) is 0 Å². The molecule has 1 rings (SSSR count). The van der Waals surface area contributed by atoms with Gasteiger partial charge in [-0.15, -0.1) is 12.6 Å². The van der Waals surface area contributed by atoms with Crippen molar-refractivity contribution >= 4 is 35.1 Å². The fourth-order valence-electron chi connectivity index (χ4n) is 0.956. The first-order chi connectivity index (χ1) is 7.15. The zero-order valence-electron chi connectivity index (χ0n) is 7.52. The second-order valence-corrected chi connectivity index (χ2v) is 3.70. The number of nitriles is 1. The molecule has 15 heavy (non-hydrogen) atoms. The van der Waals surface area contributed by atoms with E-state index in [-0.39, 0.29) is 9.88 Å². The number of thiol groups is 1. The number of thiocarbonyl (C=S) groups is 1. The fourth-order valence-corrected chi connectivity index (χ4v) is 1.06. The number of carbonyl (C=O) groups excluding carboxylic acids is 1. The molecule has 0 atom stereocenters. The number of benzene rings is 1. The van der Waals surface area contributed by atoms with Crippen molar-refractivity contribution < 1.29 is 4.79 Å². The van der Waals surface area contributed by atoms with Gasteiger partial charge in [0.15, 0.2) is 0 Å². The van der Waals surface area contributed by atoms with Crippen LogP contribution >= 0.6 is 24.8 Å². The molecule has 0 aliphatic carbocycles. The van der Waals surface area contributed by atoms with Crippen LogP contribution in [0.1, 0.15) is 15.9 Å². The Balaban J connectivity index is 2.83. The minimum absolute atomic E-state index is 0.151. The van der Waals surface area contributed by atoms with Gasteiger partial charge in [-0.05, 0) is 12.1 Å². The van der Waals surface area contributed by atoms with Crippen LogP contribution in [0, 0.1) is 11.3 Å². The molecule has 0 aliphatic heterocycles. The second-order valence-electron chi connectivity index (χ2n) is 2.54. The van der Waals surface area contributed by atoms with Gasteiger partial charge in [0, 0.05) is 0 Å². The molecule has 4 nitrogen and oxygen atoms in total. The quantitative estimate of drug-likeness (QED) is 0.387. The summed E-state index contributed by atoms with van der Waals surface area (Å²) < 4.78 is 0.151. The van der Waals surface area contributed by atoms with Gasteiger partial charge in [0.25, 0.3) is 5.91 Å². The number of carbonyl (C=O) groups is 1. The molecule has 0 unspecified atom stereocenters. The van der Waals surface area contributed by atoms with Gasteiger partial charge >= 0.3 is 0 Å². The van der Waals surface area contributed by atoms with E-state index in [1.165, 1.54) is 0 Å². The third-order valence-electron chi connectivity index (χ3n) is 1.58. The number of rotatable bonds is 1. The summed E-state index contributed by atoms with van der Waals surface area (Å²) in [5.41, 5.74) is 5.29. The summed E-state index contributed by atoms with van der Waals surface area (Å²) in [5, 5.41) is 8.75. The fraction of sp³-hybridized carbons (Fsp3) is 0. The average Bonchev–Trinajstić information content (AvgIpc) is 2.25. The summed E-state index contributed by atoms with van der Waals surface area (Å²) in [6, 6.07) is 8.40. The van der Waals surface area contributed by atoms with Crippen molar-refractivity contribution in [3.8, 4) is 6.07 Å². The van der Waals surface area contributed by atoms with Crippen LogP contribution < -0.4 is 10.9 Å². The highest BCUT2D eigenvalue weighted by atomic mass is 32.1. The number of hydrogen-bond acceptors (Lipinski definition) is 3. The Morgan fingerprint density at radius 3 is 2.67 bits per heavy atom. The summed E-state index contributed by atoms with van der Waals surface area (Å²) in [6.07, 6.45) is 0. The van der Waals surface area contributed by atoms with Crippen molar-refractivity contribution in [1.82, 2.24) is 10.9 Å². The molecule has 76 valence electrons. The summed E-state index contributed by atoms with van der Waals surface area (Å²) in [4.78, 5) is 11.5. The molecule has 2 N–H and O–H groups in total. The van der Waals surface area contributed by atoms with E-state index < -0.39 is 5.91 Å². The minimum atomic E-state index is -0.427. The molecule has 6 heteroatoms. The smallest absolute Gasteiger partial charge is 0.270 e. The molecule has 0 fully saturated rings. The van der Waals surface area contributed by atoms with Crippen molar-refractivity contribution in [3.63, 3.8) is 0 Å². The Labute approximate surface area is 97.7 Å². The van der Waals surface area contributed by atoms with E-state index in [1.807, 2.05) is 6.07 Å². The van der Waals surface area contributed by atoms with E-state index in [0.717, 1.165) is 0 Å². The van der Waals surface area contributed by atoms with E-state index in [9.17, 15) is 4.79 Å². The number of nitrogens with zero attached hydrogens (tertiary/aromatic N) is 1. The highest BCUT2D eigenvalue weighted by Crippen LogP contribution is 2.06. The second kappa shape index (κ2) is 5.34. The van der Waals surface area contributed by atoms with E-state index in [4.69, 9.17) is 5.26 Å². The first-order valence-corrected chi connectivity index (χ1v) is 4.79. The molecular formula is C9H7N3OS2. The maximum absolute atomic E-state index is 11.5. The van der Waals surface area contributed by atoms with Gasteiger partial charge in [-0.3, -0.25) is 15.6 Å². The van der Waals surface area contributed by atoms with E-state index in [2.05, 4.69) is 35.7 Å². The molecule has 0 saturated carbocycles. The Morgan fingerprint density at radius 2 is 2.07 bits per heavy atom. The van der Waals surface area contributed by atoms with Crippen LogP contribution in [-0.4, -0.2) is 10.2 Å². The maximum Gasteiger partial charge on any atom is 0.270 e. The Kier molecular flexibility index (Phi) is 4.09. The topological polar surface area (TPSA) is 64.9 Å². The van der Waals surface area contributed by atoms with Gasteiger partial charge in [0.2, 0.25) is 0 Å². The monoisotopic (exact) mass is 237 g/mol. The van der Waals surface area contributed by atoms with Crippen LogP contribution in [0.15, 0.2) is 24.3 Å². The summed E-state index contributed by atoms with van der Waals surface area (Å²) in [6.45, 7) is 0. The lowest BCUT2D eigenvalue weighted by Gasteiger charge is -2.06. The third-order valence-corrected chi connectivity index (χ3v) is 1.79. The van der Waals surface area contributed by atoms with Crippen LogP contribution in [0.5, 0.6) is 0 Å². The molecule has 1 amide bonds. The molecule has 0 aliphatic rings. The zero-order chi connectivity index (χ0) is 11.3. The maximum atomic E-state index is 11.5. The standard InChI is InChI=1S/C9H7N3OS2/c10-5-6-3-1-2-4-7(6)8(13)11-12-9(14)15/h1-4H,(H,11,13)(H2,12,14,15). The molecule has 0 saturated heterocycles. The SMILES string of the molecule is N#Cc1ccccc1C(=O)NNC(=S)S. The third kappa shape index (κ3) is 3.23. The van der Waals surface area contributed by atoms with Gasteiger partial charge in [0.1, 0.15) is 4.32 Å². The van der Waals surface area contributed by atoms with Gasteiger partial charge in [-0.2, -0.15) is 5.26 Å². The van der Waals surface area contributed by atoms with Gasteiger partial charge in [-0.25, -0.2) is 0 Å². The molecule has 0 heterocycles. The highest BCUT2D eigenvalue weighted by molar-refractivity contribution is 8.11. The number of hydrazine groups is 1. The van der Waals surface area contributed by atoms with Crippen molar-refractivity contribution in [2.24, 2.45) is 0 Å². The number of hydrogen-bond donors (Lipinski definition) is 3. The van der Waals surface area contributed by atoms with Crippen LogP contribution in [0.2, 0.25) is 0 Å². The van der Waals surface area contributed by atoms with E-state index >= 15 is 0 Å². The van der Waals surface area contributed by atoms with E-state index in [1.54, 1.807) is 24.3 Å². The van der Waals surface area contributed by atoms with Gasteiger partial charge in [0.05, 0.1) is 17.2 Å². The van der Waals surface area contributed by atoms with Crippen LogP contribution in [0.3, 0.4) is 0 Å². The van der Waals surface area contributed by atoms with Crippen molar-refractivity contribution in [2.45, 2.75) is 0 Å². The molecule has 0 bridgehead atoms. The van der Waals surface area contributed by atoms with Crippen molar-refractivity contribution in [3.05, 3.63) is 35.4 Å². The Hall–Kier alpha value is -1.58. The summed E-state index contributed by atoms with van der Waals surface area (Å²) in [5.74, 6) is -0.427. The van der Waals surface area contributed by atoms with E-state index in [0.29, 0.717) is 5.56 Å². The lowest BCUT2D eigenvalue weighted by molar-refractivity contribution is 0.0944.